The minimum Gasteiger partial charge on any atom is -0.381 e. The summed E-state index contributed by atoms with van der Waals surface area (Å²) in [5.74, 6) is 15.8. The van der Waals surface area contributed by atoms with E-state index in [-0.39, 0.29) is 22.3 Å². The van der Waals surface area contributed by atoms with Crippen molar-refractivity contribution >= 4 is 0 Å². The van der Waals surface area contributed by atoms with Gasteiger partial charge in [-0.15, -0.1) is 0 Å². The molecule has 0 saturated heterocycles. The van der Waals surface area contributed by atoms with Gasteiger partial charge >= 0.3 is 0 Å². The molecule has 0 aliphatic rings. The highest BCUT2D eigenvalue weighted by Gasteiger charge is 2.34. The Labute approximate surface area is 580 Å². The molecule has 0 aliphatic heterocycles. The summed E-state index contributed by atoms with van der Waals surface area (Å²) in [6.45, 7) is 99.1. The molecule has 4 unspecified atom stereocenters. The highest BCUT2D eigenvalue weighted by Crippen LogP contribution is 2.45. The van der Waals surface area contributed by atoms with E-state index in [2.05, 4.69) is 280 Å². The smallest absolute Gasteiger partial charge is 0.0583 e. The second-order valence-electron chi connectivity index (χ2n) is 35.5. The van der Waals surface area contributed by atoms with Crippen molar-refractivity contribution in [2.24, 2.45) is 124 Å². The highest BCUT2D eigenvalue weighted by molar-refractivity contribution is 4.84. The van der Waals surface area contributed by atoms with E-state index in [1.807, 2.05) is 13.8 Å². The van der Waals surface area contributed by atoms with Gasteiger partial charge in [-0.05, 0) is 249 Å². The van der Waals surface area contributed by atoms with Crippen molar-refractivity contribution in [2.45, 2.75) is 414 Å². The average molecular weight is 1290 g/mol. The van der Waals surface area contributed by atoms with Crippen LogP contribution in [0.1, 0.15) is 383 Å². The zero-order valence-corrected chi connectivity index (χ0v) is 69.0. The van der Waals surface area contributed by atoms with Gasteiger partial charge in [0, 0.05) is 31.3 Å². The Morgan fingerprint density at radius 2 is 0.522 bits per heavy atom. The van der Waals surface area contributed by atoms with Gasteiger partial charge in [-0.2, -0.15) is 0 Å². The Kier molecular flexibility index (Phi) is 75.2. The quantitative estimate of drug-likeness (QED) is 0.0570. The van der Waals surface area contributed by atoms with Crippen molar-refractivity contribution in [3.63, 3.8) is 0 Å². The normalized spacial score (nSPS) is 13.6. The molecule has 0 aromatic heterocycles. The van der Waals surface area contributed by atoms with E-state index in [9.17, 15) is 0 Å². The van der Waals surface area contributed by atoms with Crippen LogP contribution in [0.4, 0.5) is 0 Å². The van der Waals surface area contributed by atoms with Gasteiger partial charge in [0.2, 0.25) is 0 Å². The molecule has 0 aromatic rings. The molecular weight excluding hydrogens is 1090 g/mol. The Balaban J connectivity index is -0.000000129. The van der Waals surface area contributed by atoms with Crippen molar-refractivity contribution in [3.8, 4) is 0 Å². The maximum Gasteiger partial charge on any atom is 0.0583 e. The number of ether oxygens (including phenoxy) is 2. The van der Waals surface area contributed by atoms with Gasteiger partial charge in [0.15, 0.2) is 0 Å². The first-order valence-electron chi connectivity index (χ1n) is 38.5. The summed E-state index contributed by atoms with van der Waals surface area (Å²) in [7, 11) is 0. The van der Waals surface area contributed by atoms with E-state index in [0.717, 1.165) is 133 Å². The third-order valence-corrected chi connectivity index (χ3v) is 17.3. The van der Waals surface area contributed by atoms with Crippen LogP contribution in [0.25, 0.3) is 0 Å². The van der Waals surface area contributed by atoms with Gasteiger partial charge < -0.3 is 9.47 Å². The maximum absolute atomic E-state index is 6.49. The van der Waals surface area contributed by atoms with Gasteiger partial charge in [0.25, 0.3) is 0 Å². The molecule has 0 spiro atoms. The molecule has 0 radical (unpaired) electrons. The molecule has 0 bridgehead atoms. The van der Waals surface area contributed by atoms with Crippen molar-refractivity contribution in [1.29, 1.82) is 0 Å². The van der Waals surface area contributed by atoms with Gasteiger partial charge in [0.05, 0.1) is 18.9 Å². The van der Waals surface area contributed by atoms with E-state index in [1.165, 1.54) is 77.0 Å². The third-order valence-electron chi connectivity index (χ3n) is 17.3. The minimum atomic E-state index is 0. The number of hydrogen-bond donors (Lipinski definition) is 0. The number of nitrogens with zero attached hydrogens (tertiary/aromatic N) is 2. The van der Waals surface area contributed by atoms with E-state index in [4.69, 9.17) is 9.47 Å². The van der Waals surface area contributed by atoms with Gasteiger partial charge in [-0.25, -0.2) is 0 Å². The summed E-state index contributed by atoms with van der Waals surface area (Å²) in [6.07, 6.45) is 16.7. The molecule has 4 heteroatoms. The topological polar surface area (TPSA) is 24.9 Å². The van der Waals surface area contributed by atoms with Gasteiger partial charge in [0.1, 0.15) is 0 Å². The molecule has 558 valence electrons. The second-order valence-corrected chi connectivity index (χ2v) is 35.5. The summed E-state index contributed by atoms with van der Waals surface area (Å²) in [4.78, 5) is 5.03. The molecule has 0 heterocycles. The van der Waals surface area contributed by atoms with E-state index in [1.54, 1.807) is 0 Å². The monoisotopic (exact) mass is 1290 g/mol. The third kappa shape index (κ3) is 66.5. The summed E-state index contributed by atoms with van der Waals surface area (Å²) in [5.41, 5.74) is 0.588. The zero-order valence-electron chi connectivity index (χ0n) is 69.0. The maximum atomic E-state index is 6.49. The van der Waals surface area contributed by atoms with Crippen LogP contribution in [0.5, 0.6) is 0 Å². The molecule has 0 fully saturated rings. The molecule has 4 nitrogen and oxygen atoms in total. The van der Waals surface area contributed by atoms with Crippen LogP contribution in [-0.4, -0.2) is 66.6 Å². The lowest BCUT2D eigenvalue weighted by molar-refractivity contribution is -0.0484. The lowest BCUT2D eigenvalue weighted by Gasteiger charge is -2.40. The molecule has 0 rings (SSSR count). The van der Waals surface area contributed by atoms with Crippen molar-refractivity contribution < 1.29 is 9.47 Å². The first-order valence-corrected chi connectivity index (χ1v) is 38.5. The fourth-order valence-electron chi connectivity index (χ4n) is 14.1. The minimum absolute atomic E-state index is 0. The van der Waals surface area contributed by atoms with Crippen molar-refractivity contribution in [3.05, 3.63) is 0 Å². The molecule has 0 saturated carbocycles. The largest absolute Gasteiger partial charge is 0.381 e. The van der Waals surface area contributed by atoms with E-state index >= 15 is 0 Å². The molecule has 0 amide bonds. The van der Waals surface area contributed by atoms with Crippen molar-refractivity contribution in [1.82, 2.24) is 9.80 Å². The van der Waals surface area contributed by atoms with Crippen LogP contribution in [0.2, 0.25) is 0 Å². The zero-order chi connectivity index (χ0) is 69.8. The standard InChI is InChI=1S/2C18H38O.C17H36.C16H34.C12H28N2.C2H6.3CH4/c1-13(2)9-17(15(5)6)11-19-12-18(16(7)8)10-14(3)4;1-13(2)9-17(10-14(3)4)19-18(11-15(5)6)12-16(7)8;1-13(2)9-17(10-14(3)4,11-15(5)6)12-16(7)8;1-11(2)9-15(13(5)6)16(14(7)8)10-12(3)4;1-8-13(10(2)3)9-14(11(4)5)12(6)7;1-2;;;/h2*13-18H,9-12H2,1-8H3;13-16H,9-12H2,1-8H3;11-16H,9-10H2,1-8H3;10-12H,8-9H2,1-7H3;1-2H3;3*1H4. The molecule has 0 aromatic carbocycles. The Bertz CT molecular complexity index is 1260. The van der Waals surface area contributed by atoms with Crippen LogP contribution in [-0.2, 0) is 9.47 Å². The lowest BCUT2D eigenvalue weighted by Crippen LogP contribution is -2.47. The summed E-state index contributed by atoms with van der Waals surface area (Å²) in [6, 6.07) is 1.89. The van der Waals surface area contributed by atoms with Gasteiger partial charge in [-0.1, -0.05) is 265 Å². The predicted octanol–water partition coefficient (Wildman–Crippen LogP) is 29.1. The SMILES string of the molecule is C.C.C.CC.CC(C)CC(C(C)C)C(CC(C)C)C(C)C.CC(C)CC(CC(C)C)(CC(C)C)CC(C)C.CC(C)CC(CC(C)C)OC(CC(C)C)CC(C)C.CC(C)CC(COCC(CC(C)C)C(C)C)C(C)C.CCN(CN(C(C)C)C(C)C)C(C)C. The number of hydrogen-bond acceptors (Lipinski definition) is 4. The van der Waals surface area contributed by atoms with Crippen LogP contribution in [0.3, 0.4) is 0 Å². The first-order chi connectivity index (χ1) is 39.8. The molecule has 4 atom stereocenters. The fraction of sp³-hybridized carbons (Fsp3) is 1.00. The first kappa shape index (κ1) is 109. The predicted molar refractivity (Wildman–Crippen MR) is 425 cm³/mol. The van der Waals surface area contributed by atoms with E-state index < -0.39 is 0 Å². The molecular formula is C86H192N2O2. The Morgan fingerprint density at radius 3 is 0.678 bits per heavy atom. The summed E-state index contributed by atoms with van der Waals surface area (Å²) >= 11 is 0. The Morgan fingerprint density at radius 1 is 0.289 bits per heavy atom. The van der Waals surface area contributed by atoms with E-state index in [0.29, 0.717) is 47.6 Å². The van der Waals surface area contributed by atoms with Gasteiger partial charge in [-0.3, -0.25) is 9.80 Å². The second kappa shape index (κ2) is 62.4. The molecule has 0 N–H and O–H groups in total. The van der Waals surface area contributed by atoms with Crippen LogP contribution >= 0.6 is 0 Å². The number of rotatable bonds is 41. The molecule has 90 heavy (non-hydrogen) atoms. The highest BCUT2D eigenvalue weighted by atomic mass is 16.5. The van der Waals surface area contributed by atoms with Crippen LogP contribution in [0.15, 0.2) is 0 Å². The fourth-order valence-corrected chi connectivity index (χ4v) is 14.1. The Hall–Kier alpha value is -0.160. The summed E-state index contributed by atoms with van der Waals surface area (Å²) in [5, 5.41) is 0. The lowest BCUT2D eigenvalue weighted by atomic mass is 9.65. The van der Waals surface area contributed by atoms with Crippen molar-refractivity contribution in [2.75, 3.05) is 26.4 Å². The molecule has 0 aliphatic carbocycles. The van der Waals surface area contributed by atoms with Crippen LogP contribution < -0.4 is 0 Å². The summed E-state index contributed by atoms with van der Waals surface area (Å²) < 4.78 is 12.6. The average Bonchev–Trinajstić information content (AvgIpc) is 2.94. The van der Waals surface area contributed by atoms with Crippen LogP contribution in [0, 0.1) is 124 Å².